The highest BCUT2D eigenvalue weighted by atomic mass is 16.6. The van der Waals surface area contributed by atoms with Gasteiger partial charge in [0.1, 0.15) is 11.6 Å². The Hall–Kier alpha value is -0.570. The average molecular weight is 199 g/mol. The Morgan fingerprint density at radius 1 is 1.36 bits per heavy atom. The molecule has 0 unspecified atom stereocenters. The third kappa shape index (κ3) is 3.66. The predicted molar refractivity (Wildman–Crippen MR) is 56.1 cm³/mol. The second-order valence-corrected chi connectivity index (χ2v) is 5.08. The standard InChI is InChI=1S/C11H21NO2/c1-8-6-5-7-9(12-8)10(13)14-11(2,3)4/h8-9,12H,5-7H2,1-4H3/t8-,9-/m0/s1. The molecule has 1 aliphatic heterocycles. The monoisotopic (exact) mass is 199 g/mol. The highest BCUT2D eigenvalue weighted by Gasteiger charge is 2.28. The molecule has 14 heavy (non-hydrogen) atoms. The lowest BCUT2D eigenvalue weighted by atomic mass is 9.99. The summed E-state index contributed by atoms with van der Waals surface area (Å²) in [6, 6.07) is 0.333. The van der Waals surface area contributed by atoms with E-state index in [9.17, 15) is 4.79 Å². The van der Waals surface area contributed by atoms with Gasteiger partial charge in [0.2, 0.25) is 0 Å². The maximum Gasteiger partial charge on any atom is 0.323 e. The van der Waals surface area contributed by atoms with Crippen LogP contribution < -0.4 is 5.32 Å². The molecule has 1 N–H and O–H groups in total. The Balaban J connectivity index is 2.44. The molecule has 1 aliphatic rings. The van der Waals surface area contributed by atoms with Gasteiger partial charge in [-0.2, -0.15) is 0 Å². The van der Waals surface area contributed by atoms with Gasteiger partial charge in [-0.3, -0.25) is 4.79 Å². The Morgan fingerprint density at radius 2 is 2.00 bits per heavy atom. The molecule has 0 saturated carbocycles. The number of esters is 1. The number of piperidine rings is 1. The number of ether oxygens (including phenoxy) is 1. The minimum Gasteiger partial charge on any atom is -0.459 e. The summed E-state index contributed by atoms with van der Waals surface area (Å²) < 4.78 is 5.32. The Bertz CT molecular complexity index is 208. The van der Waals surface area contributed by atoms with Gasteiger partial charge in [-0.05, 0) is 47.0 Å². The maximum atomic E-state index is 11.7. The van der Waals surface area contributed by atoms with Crippen LogP contribution in [-0.4, -0.2) is 23.7 Å². The summed E-state index contributed by atoms with van der Waals surface area (Å²) in [6.45, 7) is 7.81. The van der Waals surface area contributed by atoms with Crippen molar-refractivity contribution >= 4 is 5.97 Å². The number of carbonyl (C=O) groups is 1. The van der Waals surface area contributed by atoms with Crippen molar-refractivity contribution in [3.63, 3.8) is 0 Å². The van der Waals surface area contributed by atoms with Crippen molar-refractivity contribution in [3.05, 3.63) is 0 Å². The fourth-order valence-electron chi connectivity index (χ4n) is 1.70. The molecule has 1 saturated heterocycles. The van der Waals surface area contributed by atoms with Gasteiger partial charge in [-0.1, -0.05) is 0 Å². The third-order valence-electron chi connectivity index (χ3n) is 2.31. The summed E-state index contributed by atoms with van der Waals surface area (Å²) >= 11 is 0. The molecule has 0 aromatic rings. The number of hydrogen-bond acceptors (Lipinski definition) is 3. The van der Waals surface area contributed by atoms with Gasteiger partial charge in [0.15, 0.2) is 0 Å². The van der Waals surface area contributed by atoms with Crippen LogP contribution in [0, 0.1) is 0 Å². The van der Waals surface area contributed by atoms with Crippen molar-refractivity contribution < 1.29 is 9.53 Å². The SMILES string of the molecule is C[C@H]1CCC[C@@H](C(=O)OC(C)(C)C)N1. The lowest BCUT2D eigenvalue weighted by Gasteiger charge is -2.30. The Morgan fingerprint density at radius 3 is 2.50 bits per heavy atom. The van der Waals surface area contributed by atoms with Gasteiger partial charge < -0.3 is 10.1 Å². The second-order valence-electron chi connectivity index (χ2n) is 5.08. The van der Waals surface area contributed by atoms with Crippen molar-refractivity contribution in [2.24, 2.45) is 0 Å². The van der Waals surface area contributed by atoms with E-state index in [1.54, 1.807) is 0 Å². The van der Waals surface area contributed by atoms with Crippen LogP contribution in [0.25, 0.3) is 0 Å². The van der Waals surface area contributed by atoms with E-state index < -0.39 is 0 Å². The molecule has 82 valence electrons. The first-order valence-corrected chi connectivity index (χ1v) is 5.37. The summed E-state index contributed by atoms with van der Waals surface area (Å²) in [4.78, 5) is 11.7. The largest absolute Gasteiger partial charge is 0.459 e. The molecule has 3 nitrogen and oxygen atoms in total. The zero-order chi connectivity index (χ0) is 10.8. The molecule has 0 aromatic heterocycles. The first kappa shape index (κ1) is 11.5. The minimum absolute atomic E-state index is 0.0991. The zero-order valence-electron chi connectivity index (χ0n) is 9.59. The summed E-state index contributed by atoms with van der Waals surface area (Å²) in [6.07, 6.45) is 3.16. The minimum atomic E-state index is -0.376. The normalized spacial score (nSPS) is 28.6. The van der Waals surface area contributed by atoms with Crippen molar-refractivity contribution in [2.75, 3.05) is 0 Å². The molecule has 1 fully saturated rings. The highest BCUT2D eigenvalue weighted by molar-refractivity contribution is 5.76. The van der Waals surface area contributed by atoms with E-state index >= 15 is 0 Å². The first-order chi connectivity index (χ1) is 6.38. The molecule has 0 amide bonds. The van der Waals surface area contributed by atoms with Crippen LogP contribution in [-0.2, 0) is 9.53 Å². The van der Waals surface area contributed by atoms with E-state index in [0.29, 0.717) is 6.04 Å². The molecular weight excluding hydrogens is 178 g/mol. The molecule has 3 heteroatoms. The smallest absolute Gasteiger partial charge is 0.323 e. The van der Waals surface area contributed by atoms with E-state index in [0.717, 1.165) is 19.3 Å². The zero-order valence-corrected chi connectivity index (χ0v) is 9.59. The third-order valence-corrected chi connectivity index (χ3v) is 2.31. The predicted octanol–water partition coefficient (Wildman–Crippen LogP) is 1.86. The van der Waals surface area contributed by atoms with Crippen LogP contribution >= 0.6 is 0 Å². The summed E-state index contributed by atoms with van der Waals surface area (Å²) in [7, 11) is 0. The van der Waals surface area contributed by atoms with Crippen LogP contribution in [0.2, 0.25) is 0 Å². The van der Waals surface area contributed by atoms with E-state index in [1.807, 2.05) is 20.8 Å². The van der Waals surface area contributed by atoms with Gasteiger partial charge in [0.25, 0.3) is 0 Å². The Labute approximate surface area is 86.2 Å². The summed E-state index contributed by atoms with van der Waals surface area (Å²) in [5.41, 5.74) is -0.376. The van der Waals surface area contributed by atoms with Crippen molar-refractivity contribution in [1.82, 2.24) is 5.32 Å². The summed E-state index contributed by atoms with van der Waals surface area (Å²) in [5.74, 6) is -0.107. The van der Waals surface area contributed by atoms with E-state index in [2.05, 4.69) is 12.2 Å². The lowest BCUT2D eigenvalue weighted by Crippen LogP contribution is -2.47. The van der Waals surface area contributed by atoms with Crippen LogP contribution in [0.3, 0.4) is 0 Å². The maximum absolute atomic E-state index is 11.7. The van der Waals surface area contributed by atoms with Crippen molar-refractivity contribution in [2.45, 2.75) is 64.6 Å². The molecule has 2 atom stereocenters. The van der Waals surface area contributed by atoms with Gasteiger partial charge in [-0.25, -0.2) is 0 Å². The molecule has 0 spiro atoms. The number of nitrogens with one attached hydrogen (secondary N) is 1. The Kier molecular flexibility index (Phi) is 3.53. The van der Waals surface area contributed by atoms with E-state index in [1.165, 1.54) is 0 Å². The van der Waals surface area contributed by atoms with Gasteiger partial charge >= 0.3 is 5.97 Å². The fourth-order valence-corrected chi connectivity index (χ4v) is 1.70. The van der Waals surface area contributed by atoms with Crippen LogP contribution in [0.4, 0.5) is 0 Å². The molecule has 0 bridgehead atoms. The quantitative estimate of drug-likeness (QED) is 0.655. The van der Waals surface area contributed by atoms with Crippen molar-refractivity contribution in [3.8, 4) is 0 Å². The number of hydrogen-bond donors (Lipinski definition) is 1. The van der Waals surface area contributed by atoms with Gasteiger partial charge in [-0.15, -0.1) is 0 Å². The van der Waals surface area contributed by atoms with E-state index in [-0.39, 0.29) is 17.6 Å². The molecular formula is C11H21NO2. The molecule has 1 rings (SSSR count). The van der Waals surface area contributed by atoms with E-state index in [4.69, 9.17) is 4.74 Å². The molecule has 0 aromatic carbocycles. The van der Waals surface area contributed by atoms with Gasteiger partial charge in [0, 0.05) is 6.04 Å². The molecule has 1 heterocycles. The van der Waals surface area contributed by atoms with Crippen LogP contribution in [0.5, 0.6) is 0 Å². The fraction of sp³-hybridized carbons (Fsp3) is 0.909. The molecule has 0 radical (unpaired) electrons. The van der Waals surface area contributed by atoms with Gasteiger partial charge in [0.05, 0.1) is 0 Å². The second kappa shape index (κ2) is 4.30. The van der Waals surface area contributed by atoms with Crippen LogP contribution in [0.1, 0.15) is 47.0 Å². The summed E-state index contributed by atoms with van der Waals surface area (Å²) in [5, 5.41) is 3.26. The number of rotatable bonds is 1. The van der Waals surface area contributed by atoms with Crippen molar-refractivity contribution in [1.29, 1.82) is 0 Å². The molecule has 0 aliphatic carbocycles. The topological polar surface area (TPSA) is 38.3 Å². The average Bonchev–Trinajstić information content (AvgIpc) is 2.01. The first-order valence-electron chi connectivity index (χ1n) is 5.37. The lowest BCUT2D eigenvalue weighted by molar-refractivity contribution is -0.158. The number of carbonyl (C=O) groups excluding carboxylic acids is 1. The van der Waals surface area contributed by atoms with Crippen LogP contribution in [0.15, 0.2) is 0 Å². The highest BCUT2D eigenvalue weighted by Crippen LogP contribution is 2.16.